The Kier molecular flexibility index (Phi) is 1.92. The van der Waals surface area contributed by atoms with Crippen molar-refractivity contribution in [1.82, 2.24) is 14.1 Å². The number of imidazole rings is 1. The molecule has 3 heteroatoms. The Labute approximate surface area is 106 Å². The minimum absolute atomic E-state index is 1.11. The molecular weight excluding hydrogens is 222 g/mol. The first kappa shape index (κ1) is 9.95. The maximum Gasteiger partial charge on any atom is 0.109 e. The van der Waals surface area contributed by atoms with Crippen molar-refractivity contribution in [2.24, 2.45) is 7.05 Å². The van der Waals surface area contributed by atoms with Gasteiger partial charge in [-0.15, -0.1) is 0 Å². The molecule has 0 aliphatic carbocycles. The summed E-state index contributed by atoms with van der Waals surface area (Å²) in [4.78, 5) is 4.73. The van der Waals surface area contributed by atoms with E-state index in [2.05, 4.69) is 52.8 Å². The monoisotopic (exact) mass is 237 g/mol. The SMILES string of the molecule is Cn1ccc2cc(-c3cn4c(n3)CCC4)ccc21. The van der Waals surface area contributed by atoms with Crippen molar-refractivity contribution < 1.29 is 0 Å². The van der Waals surface area contributed by atoms with E-state index in [1.165, 1.54) is 28.7 Å². The van der Waals surface area contributed by atoms with Crippen LogP contribution in [0, 0.1) is 0 Å². The highest BCUT2D eigenvalue weighted by Gasteiger charge is 2.14. The third kappa shape index (κ3) is 1.33. The summed E-state index contributed by atoms with van der Waals surface area (Å²) in [5.74, 6) is 1.23. The molecule has 3 heterocycles. The van der Waals surface area contributed by atoms with Crippen LogP contribution in [0.25, 0.3) is 22.2 Å². The molecule has 0 radical (unpaired) electrons. The topological polar surface area (TPSA) is 22.8 Å². The molecule has 1 aromatic carbocycles. The zero-order chi connectivity index (χ0) is 12.1. The summed E-state index contributed by atoms with van der Waals surface area (Å²) in [7, 11) is 2.08. The van der Waals surface area contributed by atoms with Crippen molar-refractivity contribution in [1.29, 1.82) is 0 Å². The van der Waals surface area contributed by atoms with Gasteiger partial charge in [0.15, 0.2) is 0 Å². The van der Waals surface area contributed by atoms with Crippen LogP contribution in [-0.2, 0) is 20.0 Å². The summed E-state index contributed by atoms with van der Waals surface area (Å²) in [6, 6.07) is 8.73. The summed E-state index contributed by atoms with van der Waals surface area (Å²) < 4.78 is 4.43. The van der Waals surface area contributed by atoms with Crippen LogP contribution in [-0.4, -0.2) is 14.1 Å². The predicted octanol–water partition coefficient (Wildman–Crippen LogP) is 2.99. The van der Waals surface area contributed by atoms with Gasteiger partial charge in [-0.25, -0.2) is 4.98 Å². The van der Waals surface area contributed by atoms with Crippen LogP contribution >= 0.6 is 0 Å². The summed E-state index contributed by atoms with van der Waals surface area (Å²) in [6.45, 7) is 1.12. The lowest BCUT2D eigenvalue weighted by molar-refractivity contribution is 0.750. The van der Waals surface area contributed by atoms with Crippen molar-refractivity contribution in [3.63, 3.8) is 0 Å². The average Bonchev–Trinajstić information content (AvgIpc) is 3.03. The molecule has 0 unspecified atom stereocenters. The minimum atomic E-state index is 1.11. The Morgan fingerprint density at radius 3 is 3.06 bits per heavy atom. The molecule has 2 aromatic heterocycles. The number of benzene rings is 1. The largest absolute Gasteiger partial charge is 0.351 e. The van der Waals surface area contributed by atoms with Crippen molar-refractivity contribution in [2.45, 2.75) is 19.4 Å². The van der Waals surface area contributed by atoms with Gasteiger partial charge in [0.1, 0.15) is 5.82 Å². The van der Waals surface area contributed by atoms with Gasteiger partial charge in [-0.2, -0.15) is 0 Å². The first-order valence-corrected chi connectivity index (χ1v) is 6.43. The summed E-state index contributed by atoms with van der Waals surface area (Å²) in [5, 5.41) is 1.28. The highest BCUT2D eigenvalue weighted by atomic mass is 15.1. The second-order valence-corrected chi connectivity index (χ2v) is 5.04. The predicted molar refractivity (Wildman–Crippen MR) is 72.5 cm³/mol. The Hall–Kier alpha value is -2.03. The zero-order valence-corrected chi connectivity index (χ0v) is 10.4. The lowest BCUT2D eigenvalue weighted by Gasteiger charge is -2.00. The Bertz CT molecular complexity index is 712. The van der Waals surface area contributed by atoms with Crippen LogP contribution in [0.5, 0.6) is 0 Å². The van der Waals surface area contributed by atoms with Gasteiger partial charge in [0.25, 0.3) is 0 Å². The molecule has 90 valence electrons. The van der Waals surface area contributed by atoms with E-state index < -0.39 is 0 Å². The number of aromatic nitrogens is 3. The van der Waals surface area contributed by atoms with Gasteiger partial charge in [-0.3, -0.25) is 0 Å². The molecule has 1 aliphatic heterocycles. The second kappa shape index (κ2) is 3.48. The molecule has 0 saturated carbocycles. The van der Waals surface area contributed by atoms with E-state index in [4.69, 9.17) is 4.98 Å². The molecule has 0 amide bonds. The van der Waals surface area contributed by atoms with Crippen molar-refractivity contribution in [2.75, 3.05) is 0 Å². The molecule has 3 aromatic rings. The average molecular weight is 237 g/mol. The van der Waals surface area contributed by atoms with Crippen molar-refractivity contribution >= 4 is 10.9 Å². The van der Waals surface area contributed by atoms with Gasteiger partial charge in [-0.1, -0.05) is 6.07 Å². The molecule has 3 nitrogen and oxygen atoms in total. The number of fused-ring (bicyclic) bond motifs is 2. The second-order valence-electron chi connectivity index (χ2n) is 5.04. The van der Waals surface area contributed by atoms with E-state index in [9.17, 15) is 0 Å². The first-order valence-electron chi connectivity index (χ1n) is 6.43. The quantitative estimate of drug-likeness (QED) is 0.638. The molecule has 0 saturated heterocycles. The molecule has 0 spiro atoms. The lowest BCUT2D eigenvalue weighted by Crippen LogP contribution is -1.87. The maximum atomic E-state index is 4.73. The van der Waals surface area contributed by atoms with Crippen LogP contribution in [0.1, 0.15) is 12.2 Å². The Morgan fingerprint density at radius 1 is 1.22 bits per heavy atom. The summed E-state index contributed by atoms with van der Waals surface area (Å²) >= 11 is 0. The van der Waals surface area contributed by atoms with Gasteiger partial charge in [0.05, 0.1) is 5.69 Å². The van der Waals surface area contributed by atoms with Crippen LogP contribution in [0.2, 0.25) is 0 Å². The number of hydrogen-bond acceptors (Lipinski definition) is 1. The highest BCUT2D eigenvalue weighted by Crippen LogP contribution is 2.26. The van der Waals surface area contributed by atoms with Gasteiger partial charge in [0.2, 0.25) is 0 Å². The van der Waals surface area contributed by atoms with Gasteiger partial charge in [0, 0.05) is 48.9 Å². The van der Waals surface area contributed by atoms with E-state index in [0.29, 0.717) is 0 Å². The summed E-state index contributed by atoms with van der Waals surface area (Å²) in [6.07, 6.45) is 6.64. The van der Waals surface area contributed by atoms with Gasteiger partial charge < -0.3 is 9.13 Å². The number of hydrogen-bond donors (Lipinski definition) is 0. The third-order valence-corrected chi connectivity index (χ3v) is 3.84. The molecule has 0 bridgehead atoms. The van der Waals surface area contributed by atoms with E-state index in [1.54, 1.807) is 0 Å². The molecule has 0 N–H and O–H groups in total. The summed E-state index contributed by atoms with van der Waals surface area (Å²) in [5.41, 5.74) is 3.59. The molecule has 0 atom stereocenters. The number of nitrogens with zero attached hydrogens (tertiary/aromatic N) is 3. The fourth-order valence-electron chi connectivity index (χ4n) is 2.83. The third-order valence-electron chi connectivity index (χ3n) is 3.84. The van der Waals surface area contributed by atoms with Gasteiger partial charge in [-0.05, 0) is 24.6 Å². The molecule has 1 aliphatic rings. The smallest absolute Gasteiger partial charge is 0.109 e. The van der Waals surface area contributed by atoms with Crippen LogP contribution in [0.15, 0.2) is 36.7 Å². The van der Waals surface area contributed by atoms with Gasteiger partial charge >= 0.3 is 0 Å². The fourth-order valence-corrected chi connectivity index (χ4v) is 2.83. The van der Waals surface area contributed by atoms with Crippen molar-refractivity contribution in [3.8, 4) is 11.3 Å². The fraction of sp³-hybridized carbons (Fsp3) is 0.267. The van der Waals surface area contributed by atoms with Crippen LogP contribution < -0.4 is 0 Å². The van der Waals surface area contributed by atoms with E-state index in [1.807, 2.05) is 0 Å². The molecular formula is C15H15N3. The van der Waals surface area contributed by atoms with Crippen LogP contribution in [0.3, 0.4) is 0 Å². The Morgan fingerprint density at radius 2 is 2.17 bits per heavy atom. The molecule has 18 heavy (non-hydrogen) atoms. The van der Waals surface area contributed by atoms with Crippen molar-refractivity contribution in [3.05, 3.63) is 42.5 Å². The van der Waals surface area contributed by atoms with Crippen LogP contribution in [0.4, 0.5) is 0 Å². The zero-order valence-electron chi connectivity index (χ0n) is 10.4. The van der Waals surface area contributed by atoms with E-state index in [-0.39, 0.29) is 0 Å². The lowest BCUT2D eigenvalue weighted by atomic mass is 10.1. The van der Waals surface area contributed by atoms with E-state index >= 15 is 0 Å². The maximum absolute atomic E-state index is 4.73. The standard InChI is InChI=1S/C15H15N3/c1-17-8-6-12-9-11(4-5-14(12)17)13-10-18-7-2-3-15(18)16-13/h4-6,8-10H,2-3,7H2,1H3. The number of aryl methyl sites for hydroxylation is 3. The minimum Gasteiger partial charge on any atom is -0.351 e. The molecule has 4 rings (SSSR count). The molecule has 0 fully saturated rings. The van der Waals surface area contributed by atoms with E-state index in [0.717, 1.165) is 18.7 Å². The number of rotatable bonds is 1. The Balaban J connectivity index is 1.85. The first-order chi connectivity index (χ1) is 8.81. The normalized spacial score (nSPS) is 14.3. The highest BCUT2D eigenvalue weighted by molar-refractivity contribution is 5.84.